The van der Waals surface area contributed by atoms with Crippen LogP contribution < -0.4 is 5.32 Å². The van der Waals surface area contributed by atoms with E-state index in [0.29, 0.717) is 5.82 Å². The number of nitrogens with zero attached hydrogens (tertiary/aromatic N) is 3. The van der Waals surface area contributed by atoms with Crippen molar-refractivity contribution in [3.05, 3.63) is 34.1 Å². The van der Waals surface area contributed by atoms with Crippen molar-refractivity contribution in [2.75, 3.05) is 12.4 Å². The van der Waals surface area contributed by atoms with Gasteiger partial charge >= 0.3 is 0 Å². The molecule has 0 saturated carbocycles. The van der Waals surface area contributed by atoms with Crippen LogP contribution in [0.15, 0.2) is 22.8 Å². The highest BCUT2D eigenvalue weighted by Crippen LogP contribution is 2.26. The van der Waals surface area contributed by atoms with Crippen molar-refractivity contribution in [2.24, 2.45) is 0 Å². The van der Waals surface area contributed by atoms with Crippen molar-refractivity contribution in [1.82, 2.24) is 15.0 Å². The third-order valence-electron chi connectivity index (χ3n) is 2.63. The summed E-state index contributed by atoms with van der Waals surface area (Å²) in [5.41, 5.74) is 2.89. The van der Waals surface area contributed by atoms with Crippen LogP contribution in [0, 0.1) is 6.92 Å². The smallest absolute Gasteiger partial charge is 0.180 e. The number of nitrogens with one attached hydrogen (secondary N) is 1. The zero-order chi connectivity index (χ0) is 13.1. The first-order valence-electron chi connectivity index (χ1n) is 5.83. The molecule has 0 amide bonds. The average molecular weight is 307 g/mol. The van der Waals surface area contributed by atoms with Crippen molar-refractivity contribution >= 4 is 21.7 Å². The Hall–Kier alpha value is -1.49. The SMILES string of the molecule is CCc1nc(-c2ccc(C)cn2)nc(NC)c1Br. The van der Waals surface area contributed by atoms with Crippen molar-refractivity contribution < 1.29 is 0 Å². The molecule has 0 aliphatic rings. The Bertz CT molecular complexity index is 526. The van der Waals surface area contributed by atoms with Crippen molar-refractivity contribution in [3.63, 3.8) is 0 Å². The first-order valence-corrected chi connectivity index (χ1v) is 6.62. The van der Waals surface area contributed by atoms with E-state index in [1.54, 1.807) is 0 Å². The van der Waals surface area contributed by atoms with Crippen molar-refractivity contribution in [1.29, 1.82) is 0 Å². The molecular weight excluding hydrogens is 292 g/mol. The molecule has 0 radical (unpaired) electrons. The van der Waals surface area contributed by atoms with Crippen LogP contribution in [0.25, 0.3) is 11.5 Å². The second-order valence-corrected chi connectivity index (χ2v) is 4.77. The Morgan fingerprint density at radius 2 is 2.06 bits per heavy atom. The van der Waals surface area contributed by atoms with Crippen LogP contribution in [-0.2, 0) is 6.42 Å². The number of hydrogen-bond acceptors (Lipinski definition) is 4. The molecule has 2 aromatic rings. The normalized spacial score (nSPS) is 10.4. The molecule has 2 aromatic heterocycles. The van der Waals surface area contributed by atoms with E-state index in [0.717, 1.165) is 33.7 Å². The van der Waals surface area contributed by atoms with Gasteiger partial charge in [-0.2, -0.15) is 0 Å². The summed E-state index contributed by atoms with van der Waals surface area (Å²) in [6, 6.07) is 3.95. The Labute approximate surface area is 115 Å². The average Bonchev–Trinajstić information content (AvgIpc) is 2.40. The van der Waals surface area contributed by atoms with Gasteiger partial charge in [-0.3, -0.25) is 4.98 Å². The Morgan fingerprint density at radius 3 is 2.61 bits per heavy atom. The minimum Gasteiger partial charge on any atom is -0.372 e. The third kappa shape index (κ3) is 2.51. The minimum absolute atomic E-state index is 0.652. The zero-order valence-electron chi connectivity index (χ0n) is 10.7. The van der Waals surface area contributed by atoms with Crippen molar-refractivity contribution in [3.8, 4) is 11.5 Å². The van der Waals surface area contributed by atoms with Gasteiger partial charge in [0.15, 0.2) is 5.82 Å². The predicted molar refractivity (Wildman–Crippen MR) is 76.6 cm³/mol. The molecule has 0 aromatic carbocycles. The van der Waals surface area contributed by atoms with Crippen LogP contribution in [0.4, 0.5) is 5.82 Å². The third-order valence-corrected chi connectivity index (χ3v) is 3.47. The monoisotopic (exact) mass is 306 g/mol. The molecule has 4 nitrogen and oxygen atoms in total. The maximum atomic E-state index is 4.54. The van der Waals surface area contributed by atoms with E-state index in [-0.39, 0.29) is 0 Å². The number of anilines is 1. The number of aromatic nitrogens is 3. The molecule has 94 valence electrons. The van der Waals surface area contributed by atoms with E-state index >= 15 is 0 Å². The van der Waals surface area contributed by atoms with Gasteiger partial charge in [0.25, 0.3) is 0 Å². The molecule has 18 heavy (non-hydrogen) atoms. The van der Waals surface area contributed by atoms with Gasteiger partial charge in [0, 0.05) is 13.2 Å². The summed E-state index contributed by atoms with van der Waals surface area (Å²) < 4.78 is 0.920. The molecule has 0 fully saturated rings. The summed E-state index contributed by atoms with van der Waals surface area (Å²) >= 11 is 3.51. The maximum absolute atomic E-state index is 4.54. The number of aryl methyl sites for hydroxylation is 2. The van der Waals surface area contributed by atoms with Crippen LogP contribution >= 0.6 is 15.9 Å². The molecule has 0 unspecified atom stereocenters. The molecule has 1 N–H and O–H groups in total. The van der Waals surface area contributed by atoms with E-state index in [1.807, 2.05) is 32.3 Å². The van der Waals surface area contributed by atoms with Gasteiger partial charge in [-0.1, -0.05) is 13.0 Å². The van der Waals surface area contributed by atoms with E-state index < -0.39 is 0 Å². The topological polar surface area (TPSA) is 50.7 Å². The van der Waals surface area contributed by atoms with Gasteiger partial charge < -0.3 is 5.32 Å². The highest BCUT2D eigenvalue weighted by atomic mass is 79.9. The van der Waals surface area contributed by atoms with Gasteiger partial charge in [0.1, 0.15) is 11.5 Å². The lowest BCUT2D eigenvalue weighted by molar-refractivity contribution is 0.984. The summed E-state index contributed by atoms with van der Waals surface area (Å²) in [4.78, 5) is 13.4. The summed E-state index contributed by atoms with van der Waals surface area (Å²) in [5.74, 6) is 1.44. The summed E-state index contributed by atoms with van der Waals surface area (Å²) in [6.45, 7) is 4.08. The first kappa shape index (κ1) is 13.0. The molecule has 2 heterocycles. The number of pyridine rings is 1. The van der Waals surface area contributed by atoms with E-state index in [4.69, 9.17) is 0 Å². The Balaban J connectivity index is 2.54. The second kappa shape index (κ2) is 5.44. The van der Waals surface area contributed by atoms with Crippen LogP contribution in [0.1, 0.15) is 18.2 Å². The molecule has 0 spiro atoms. The molecule has 2 rings (SSSR count). The van der Waals surface area contributed by atoms with E-state index in [1.165, 1.54) is 0 Å². The number of rotatable bonds is 3. The summed E-state index contributed by atoms with van der Waals surface area (Å²) in [6.07, 6.45) is 2.67. The minimum atomic E-state index is 0.652. The highest BCUT2D eigenvalue weighted by Gasteiger charge is 2.11. The predicted octanol–water partition coefficient (Wildman–Crippen LogP) is 3.21. The van der Waals surface area contributed by atoms with Crippen molar-refractivity contribution in [2.45, 2.75) is 20.3 Å². The van der Waals surface area contributed by atoms with Gasteiger partial charge in [0.05, 0.1) is 10.2 Å². The van der Waals surface area contributed by atoms with Gasteiger partial charge in [-0.25, -0.2) is 9.97 Å². The zero-order valence-corrected chi connectivity index (χ0v) is 12.2. The van der Waals surface area contributed by atoms with Gasteiger partial charge in [0.2, 0.25) is 0 Å². The standard InChI is InChI=1S/C13H15BrN4/c1-4-9-11(14)13(15-3)18-12(17-9)10-6-5-8(2)7-16-10/h5-7H,4H2,1-3H3,(H,15,17,18). The first-order chi connectivity index (χ1) is 8.65. The summed E-state index contributed by atoms with van der Waals surface area (Å²) in [5, 5.41) is 3.07. The molecular formula is C13H15BrN4. The fourth-order valence-corrected chi connectivity index (χ4v) is 2.26. The largest absolute Gasteiger partial charge is 0.372 e. The lowest BCUT2D eigenvalue weighted by Gasteiger charge is -2.09. The Morgan fingerprint density at radius 1 is 1.28 bits per heavy atom. The fraction of sp³-hybridized carbons (Fsp3) is 0.308. The molecule has 0 bridgehead atoms. The number of hydrogen-bond donors (Lipinski definition) is 1. The van der Waals surface area contributed by atoms with E-state index in [2.05, 4.69) is 43.1 Å². The van der Waals surface area contributed by atoms with Gasteiger partial charge in [-0.05, 0) is 40.9 Å². The number of halogens is 1. The fourth-order valence-electron chi connectivity index (χ4n) is 1.61. The lowest BCUT2D eigenvalue weighted by atomic mass is 10.2. The van der Waals surface area contributed by atoms with Crippen LogP contribution in [0.3, 0.4) is 0 Å². The maximum Gasteiger partial charge on any atom is 0.180 e. The Kier molecular flexibility index (Phi) is 3.91. The van der Waals surface area contributed by atoms with Crippen LogP contribution in [0.2, 0.25) is 0 Å². The van der Waals surface area contributed by atoms with Crippen LogP contribution in [-0.4, -0.2) is 22.0 Å². The van der Waals surface area contributed by atoms with Crippen LogP contribution in [0.5, 0.6) is 0 Å². The molecule has 5 heteroatoms. The molecule has 0 saturated heterocycles. The molecule has 0 aliphatic carbocycles. The van der Waals surface area contributed by atoms with E-state index in [9.17, 15) is 0 Å². The molecule has 0 aliphatic heterocycles. The molecule has 0 atom stereocenters. The second-order valence-electron chi connectivity index (χ2n) is 3.98. The highest BCUT2D eigenvalue weighted by molar-refractivity contribution is 9.10. The summed E-state index contributed by atoms with van der Waals surface area (Å²) in [7, 11) is 1.85. The lowest BCUT2D eigenvalue weighted by Crippen LogP contribution is -2.03. The quantitative estimate of drug-likeness (QED) is 0.946. The van der Waals surface area contributed by atoms with Gasteiger partial charge in [-0.15, -0.1) is 0 Å².